The van der Waals surface area contributed by atoms with E-state index < -0.39 is 10.0 Å². The zero-order valence-electron chi connectivity index (χ0n) is 16.0. The maximum absolute atomic E-state index is 12.4. The number of nitrogens with one attached hydrogen (secondary N) is 2. The Hall–Kier alpha value is -2.65. The number of carbonyl (C=O) groups excluding carboxylic acids is 2. The minimum atomic E-state index is -3.52. The van der Waals surface area contributed by atoms with Gasteiger partial charge in [-0.05, 0) is 42.8 Å². The molecule has 0 saturated carbocycles. The lowest BCUT2D eigenvalue weighted by atomic mass is 10.2. The number of sulfonamides is 1. The van der Waals surface area contributed by atoms with E-state index in [1.165, 1.54) is 22.7 Å². The first kappa shape index (κ1) is 21.6. The van der Waals surface area contributed by atoms with Gasteiger partial charge in [-0.3, -0.25) is 9.59 Å². The number of hydrogen-bond donors (Lipinski definition) is 2. The Morgan fingerprint density at radius 2 is 1.75 bits per heavy atom. The monoisotopic (exact) mass is 407 g/mol. The largest absolute Gasteiger partial charge is 0.459 e. The van der Waals surface area contributed by atoms with Gasteiger partial charge in [0.25, 0.3) is 5.91 Å². The van der Waals surface area contributed by atoms with Crippen LogP contribution in [0.2, 0.25) is 0 Å². The number of rotatable bonds is 10. The molecule has 1 aromatic heterocycles. The van der Waals surface area contributed by atoms with Gasteiger partial charge in [-0.2, -0.15) is 4.31 Å². The van der Waals surface area contributed by atoms with Gasteiger partial charge in [0, 0.05) is 31.7 Å². The number of amides is 2. The van der Waals surface area contributed by atoms with Gasteiger partial charge in [-0.25, -0.2) is 8.42 Å². The summed E-state index contributed by atoms with van der Waals surface area (Å²) in [7, 11) is -3.52. The van der Waals surface area contributed by atoms with E-state index in [9.17, 15) is 18.0 Å². The summed E-state index contributed by atoms with van der Waals surface area (Å²) in [6, 6.07) is 9.27. The molecule has 2 amide bonds. The molecule has 8 nitrogen and oxygen atoms in total. The quantitative estimate of drug-likeness (QED) is 0.588. The predicted octanol–water partition coefficient (Wildman–Crippen LogP) is 2.46. The normalized spacial score (nSPS) is 11.4. The van der Waals surface area contributed by atoms with Crippen LogP contribution in [0.4, 0.5) is 5.69 Å². The molecular weight excluding hydrogens is 382 g/mol. The molecule has 0 bridgehead atoms. The average Bonchev–Trinajstić information content (AvgIpc) is 3.21. The molecule has 0 unspecified atom stereocenters. The summed E-state index contributed by atoms with van der Waals surface area (Å²) in [6.45, 7) is 4.70. The maximum Gasteiger partial charge on any atom is 0.286 e. The molecule has 152 valence electrons. The highest BCUT2D eigenvalue weighted by Gasteiger charge is 2.21. The van der Waals surface area contributed by atoms with Gasteiger partial charge in [0.1, 0.15) is 0 Å². The summed E-state index contributed by atoms with van der Waals surface area (Å²) in [5.74, 6) is -0.314. The van der Waals surface area contributed by atoms with Crippen molar-refractivity contribution in [3.63, 3.8) is 0 Å². The van der Waals surface area contributed by atoms with Crippen molar-refractivity contribution in [2.24, 2.45) is 0 Å². The topological polar surface area (TPSA) is 109 Å². The lowest BCUT2D eigenvalue weighted by Gasteiger charge is -2.18. The van der Waals surface area contributed by atoms with Crippen LogP contribution in [-0.4, -0.2) is 44.2 Å². The van der Waals surface area contributed by atoms with Crippen LogP contribution >= 0.6 is 0 Å². The SMILES string of the molecule is CCN(CC)S(=O)(=O)c1ccc(NC(=O)CCCNC(=O)c2ccco2)cc1. The van der Waals surface area contributed by atoms with Crippen LogP contribution in [0.1, 0.15) is 37.2 Å². The van der Waals surface area contributed by atoms with Crippen LogP contribution in [0.25, 0.3) is 0 Å². The predicted molar refractivity (Wildman–Crippen MR) is 105 cm³/mol. The zero-order valence-corrected chi connectivity index (χ0v) is 16.8. The summed E-state index contributed by atoms with van der Waals surface area (Å²) in [4.78, 5) is 23.9. The van der Waals surface area contributed by atoms with Crippen molar-refractivity contribution in [1.82, 2.24) is 9.62 Å². The van der Waals surface area contributed by atoms with Gasteiger partial charge in [-0.15, -0.1) is 0 Å². The summed E-state index contributed by atoms with van der Waals surface area (Å²) in [5, 5.41) is 5.38. The smallest absolute Gasteiger partial charge is 0.286 e. The molecule has 2 aromatic rings. The molecule has 1 aromatic carbocycles. The molecule has 0 radical (unpaired) electrons. The second-order valence-electron chi connectivity index (χ2n) is 6.00. The summed E-state index contributed by atoms with van der Waals surface area (Å²) in [6.07, 6.45) is 2.10. The van der Waals surface area contributed by atoms with E-state index >= 15 is 0 Å². The first-order valence-corrected chi connectivity index (χ1v) is 10.5. The van der Waals surface area contributed by atoms with Crippen molar-refractivity contribution in [3.8, 4) is 0 Å². The van der Waals surface area contributed by atoms with Crippen LogP contribution in [0, 0.1) is 0 Å². The molecule has 28 heavy (non-hydrogen) atoms. The van der Waals surface area contributed by atoms with E-state index in [4.69, 9.17) is 4.42 Å². The third-order valence-electron chi connectivity index (χ3n) is 4.09. The highest BCUT2D eigenvalue weighted by molar-refractivity contribution is 7.89. The number of carbonyl (C=O) groups is 2. The van der Waals surface area contributed by atoms with Crippen LogP contribution in [0.15, 0.2) is 52.0 Å². The Labute approximate surface area is 165 Å². The molecular formula is C19H25N3O5S. The Kier molecular flexibility index (Phi) is 7.77. The number of hydrogen-bond acceptors (Lipinski definition) is 5. The third-order valence-corrected chi connectivity index (χ3v) is 6.16. The molecule has 0 atom stereocenters. The Morgan fingerprint density at radius 1 is 1.07 bits per heavy atom. The van der Waals surface area contributed by atoms with Gasteiger partial charge < -0.3 is 15.1 Å². The van der Waals surface area contributed by atoms with E-state index in [-0.39, 0.29) is 28.9 Å². The molecule has 0 aliphatic heterocycles. The second-order valence-corrected chi connectivity index (χ2v) is 7.94. The average molecular weight is 407 g/mol. The van der Waals surface area contributed by atoms with Crippen LogP contribution in [0.5, 0.6) is 0 Å². The molecule has 2 rings (SSSR count). The summed E-state index contributed by atoms with van der Waals surface area (Å²) >= 11 is 0. The Balaban J connectivity index is 1.80. The number of furan rings is 1. The third kappa shape index (κ3) is 5.67. The minimum absolute atomic E-state index is 0.190. The van der Waals surface area contributed by atoms with Crippen LogP contribution < -0.4 is 10.6 Å². The minimum Gasteiger partial charge on any atom is -0.459 e. The molecule has 0 saturated heterocycles. The fourth-order valence-corrected chi connectivity index (χ4v) is 4.05. The lowest BCUT2D eigenvalue weighted by Crippen LogP contribution is -2.30. The van der Waals surface area contributed by atoms with E-state index in [0.717, 1.165) is 0 Å². The highest BCUT2D eigenvalue weighted by atomic mass is 32.2. The van der Waals surface area contributed by atoms with E-state index in [1.54, 1.807) is 38.1 Å². The zero-order chi connectivity index (χ0) is 20.6. The molecule has 9 heteroatoms. The van der Waals surface area contributed by atoms with Gasteiger partial charge in [-0.1, -0.05) is 13.8 Å². The standard InChI is InChI=1S/C19H25N3O5S/c1-3-22(4-2)28(25,26)16-11-9-15(10-12-16)21-18(23)8-5-13-20-19(24)17-7-6-14-27-17/h6-7,9-12,14H,3-5,8,13H2,1-2H3,(H,20,24)(H,21,23). The fraction of sp³-hybridized carbons (Fsp3) is 0.368. The second kappa shape index (κ2) is 10.0. The van der Waals surface area contributed by atoms with Gasteiger partial charge in [0.2, 0.25) is 15.9 Å². The van der Waals surface area contributed by atoms with Crippen molar-refractivity contribution in [2.45, 2.75) is 31.6 Å². The lowest BCUT2D eigenvalue weighted by molar-refractivity contribution is -0.116. The molecule has 0 spiro atoms. The molecule has 0 aliphatic rings. The van der Waals surface area contributed by atoms with Crippen molar-refractivity contribution in [1.29, 1.82) is 0 Å². The van der Waals surface area contributed by atoms with Crippen molar-refractivity contribution in [2.75, 3.05) is 25.0 Å². The van der Waals surface area contributed by atoms with Crippen molar-refractivity contribution >= 4 is 27.5 Å². The van der Waals surface area contributed by atoms with E-state index in [2.05, 4.69) is 10.6 Å². The van der Waals surface area contributed by atoms with Crippen LogP contribution in [0.3, 0.4) is 0 Å². The van der Waals surface area contributed by atoms with Crippen LogP contribution in [-0.2, 0) is 14.8 Å². The van der Waals surface area contributed by atoms with Crippen molar-refractivity contribution in [3.05, 3.63) is 48.4 Å². The Bertz CT molecular complexity index is 873. The van der Waals surface area contributed by atoms with Gasteiger partial charge >= 0.3 is 0 Å². The Morgan fingerprint density at radius 3 is 2.32 bits per heavy atom. The molecule has 0 aliphatic carbocycles. The summed E-state index contributed by atoms with van der Waals surface area (Å²) < 4.78 is 31.2. The fourth-order valence-electron chi connectivity index (χ4n) is 2.59. The number of nitrogens with zero attached hydrogens (tertiary/aromatic N) is 1. The van der Waals surface area contributed by atoms with E-state index in [1.807, 2.05) is 0 Å². The molecule has 0 fully saturated rings. The highest BCUT2D eigenvalue weighted by Crippen LogP contribution is 2.18. The van der Waals surface area contributed by atoms with E-state index in [0.29, 0.717) is 31.7 Å². The molecule has 2 N–H and O–H groups in total. The first-order valence-electron chi connectivity index (χ1n) is 9.10. The number of anilines is 1. The maximum atomic E-state index is 12.4. The number of benzene rings is 1. The first-order chi connectivity index (χ1) is 13.4. The summed E-state index contributed by atoms with van der Waals surface area (Å²) in [5.41, 5.74) is 0.517. The van der Waals surface area contributed by atoms with Crippen molar-refractivity contribution < 1.29 is 22.4 Å². The van der Waals surface area contributed by atoms with Gasteiger partial charge in [0.15, 0.2) is 5.76 Å². The van der Waals surface area contributed by atoms with Gasteiger partial charge in [0.05, 0.1) is 11.2 Å². The molecule has 1 heterocycles.